The fourth-order valence-electron chi connectivity index (χ4n) is 5.97. The van der Waals surface area contributed by atoms with Gasteiger partial charge in [0.2, 0.25) is 0 Å². The lowest BCUT2D eigenvalue weighted by Gasteiger charge is -2.29. The van der Waals surface area contributed by atoms with E-state index in [-0.39, 0.29) is 23.0 Å². The summed E-state index contributed by atoms with van der Waals surface area (Å²) in [5.74, 6) is 2.02. The van der Waals surface area contributed by atoms with Gasteiger partial charge in [0.1, 0.15) is 11.5 Å². The van der Waals surface area contributed by atoms with Gasteiger partial charge in [0.25, 0.3) is 6.71 Å². The number of fused-ring (bicyclic) bond motifs is 5. The molecule has 2 heteroatoms. The molecule has 2 aliphatic rings. The van der Waals surface area contributed by atoms with Crippen LogP contribution in [0.3, 0.4) is 0 Å². The Kier molecular flexibility index (Phi) is 5.35. The predicted molar refractivity (Wildman–Crippen MR) is 165 cm³/mol. The first-order valence-corrected chi connectivity index (χ1v) is 14.0. The molecule has 4 aromatic carbocycles. The first kappa shape index (κ1) is 25.0. The van der Waals surface area contributed by atoms with Crippen molar-refractivity contribution < 1.29 is 4.74 Å². The summed E-state index contributed by atoms with van der Waals surface area (Å²) in [6.07, 6.45) is 0. The zero-order valence-corrected chi connectivity index (χ0v) is 24.4. The second kappa shape index (κ2) is 8.12. The highest BCUT2D eigenvalue weighted by Gasteiger charge is 2.42. The average Bonchev–Trinajstić information content (AvgIpc) is 3.17. The second-order valence-corrected chi connectivity index (χ2v) is 14.4. The van der Waals surface area contributed by atoms with Gasteiger partial charge < -0.3 is 4.74 Å². The molecule has 0 radical (unpaired) electrons. The van der Waals surface area contributed by atoms with Crippen molar-refractivity contribution >= 4 is 23.1 Å². The molecule has 0 saturated carbocycles. The SMILES string of the molecule is CC(C)(C)c1ccc(-c2ccc3c(c2)-c2cc(C(C)(C)C)cc4c2B3c2ccc(C(C)(C)C)cc2O4)cc1. The van der Waals surface area contributed by atoms with Crippen LogP contribution < -0.4 is 21.1 Å². The second-order valence-electron chi connectivity index (χ2n) is 14.4. The monoisotopic (exact) mass is 498 g/mol. The number of hydrogen-bond donors (Lipinski definition) is 0. The Labute approximate surface area is 229 Å². The van der Waals surface area contributed by atoms with E-state index in [0.29, 0.717) is 0 Å². The van der Waals surface area contributed by atoms with E-state index in [9.17, 15) is 0 Å². The highest BCUT2D eigenvalue weighted by molar-refractivity contribution is 7.00. The van der Waals surface area contributed by atoms with Crippen LogP contribution >= 0.6 is 0 Å². The molecule has 2 aliphatic heterocycles. The fourth-order valence-corrected chi connectivity index (χ4v) is 5.97. The van der Waals surface area contributed by atoms with Crippen molar-refractivity contribution in [2.45, 2.75) is 78.6 Å². The molecule has 38 heavy (non-hydrogen) atoms. The quantitative estimate of drug-likeness (QED) is 0.210. The van der Waals surface area contributed by atoms with Gasteiger partial charge in [-0.3, -0.25) is 0 Å². The van der Waals surface area contributed by atoms with Crippen molar-refractivity contribution in [3.63, 3.8) is 0 Å². The average molecular weight is 499 g/mol. The van der Waals surface area contributed by atoms with Gasteiger partial charge in [0.15, 0.2) is 0 Å². The third-order valence-electron chi connectivity index (χ3n) is 8.45. The van der Waals surface area contributed by atoms with Crippen LogP contribution in [-0.4, -0.2) is 6.71 Å². The third-order valence-corrected chi connectivity index (χ3v) is 8.45. The Balaban J connectivity index is 1.54. The van der Waals surface area contributed by atoms with E-state index in [2.05, 4.69) is 135 Å². The van der Waals surface area contributed by atoms with E-state index in [1.807, 2.05) is 0 Å². The molecule has 0 spiro atoms. The summed E-state index contributed by atoms with van der Waals surface area (Å²) >= 11 is 0. The van der Waals surface area contributed by atoms with E-state index in [1.165, 1.54) is 55.3 Å². The fraction of sp³-hybridized carbons (Fsp3) is 0.333. The van der Waals surface area contributed by atoms with E-state index in [0.717, 1.165) is 11.5 Å². The minimum atomic E-state index is 0.0288. The highest BCUT2D eigenvalue weighted by Crippen LogP contribution is 2.40. The zero-order valence-electron chi connectivity index (χ0n) is 24.4. The zero-order chi connectivity index (χ0) is 27.2. The van der Waals surface area contributed by atoms with E-state index >= 15 is 0 Å². The first-order valence-electron chi connectivity index (χ1n) is 14.0. The molecule has 1 nitrogen and oxygen atoms in total. The molecule has 0 bridgehead atoms. The summed E-state index contributed by atoms with van der Waals surface area (Å²) in [6, 6.07) is 27.8. The van der Waals surface area contributed by atoms with Crippen molar-refractivity contribution in [1.82, 2.24) is 0 Å². The molecule has 0 amide bonds. The molecule has 0 N–H and O–H groups in total. The maximum atomic E-state index is 6.73. The number of hydrogen-bond acceptors (Lipinski definition) is 1. The molecule has 0 aliphatic carbocycles. The topological polar surface area (TPSA) is 9.23 Å². The van der Waals surface area contributed by atoms with E-state index in [1.54, 1.807) is 0 Å². The molecule has 192 valence electrons. The number of benzene rings is 4. The largest absolute Gasteiger partial charge is 0.458 e. The van der Waals surface area contributed by atoms with Crippen LogP contribution in [0.2, 0.25) is 0 Å². The molecular weight excluding hydrogens is 459 g/mol. The van der Waals surface area contributed by atoms with Gasteiger partial charge >= 0.3 is 0 Å². The van der Waals surface area contributed by atoms with Gasteiger partial charge in [0.05, 0.1) is 0 Å². The summed E-state index contributed by atoms with van der Waals surface area (Å²) in [6.45, 7) is 20.7. The number of ether oxygens (including phenoxy) is 1. The van der Waals surface area contributed by atoms with Gasteiger partial charge in [-0.15, -0.1) is 0 Å². The molecule has 0 unspecified atom stereocenters. The van der Waals surface area contributed by atoms with Crippen molar-refractivity contribution in [3.8, 4) is 33.8 Å². The van der Waals surface area contributed by atoms with E-state index < -0.39 is 0 Å². The Morgan fingerprint density at radius 2 is 1.03 bits per heavy atom. The molecule has 0 atom stereocenters. The normalized spacial score (nSPS) is 14.1. The Hall–Kier alpha value is -3.26. The van der Waals surface area contributed by atoms with Crippen molar-refractivity contribution in [2.75, 3.05) is 0 Å². The smallest absolute Gasteiger partial charge is 0.252 e. The standard InChI is InChI=1S/C36H39BO/c1-34(2,3)24-13-10-22(11-14-24)23-12-16-29-27(18-23)28-19-26(36(7,8)9)21-32-33(28)37(29)30-17-15-25(35(4,5)6)20-31(30)38-32/h10-21H,1-9H3. The molecule has 2 heterocycles. The van der Waals surface area contributed by atoms with Crippen LogP contribution in [-0.2, 0) is 16.2 Å². The lowest BCUT2D eigenvalue weighted by Crippen LogP contribution is -2.52. The van der Waals surface area contributed by atoms with Crippen LogP contribution in [0.5, 0.6) is 11.5 Å². The van der Waals surface area contributed by atoms with E-state index in [4.69, 9.17) is 4.74 Å². The predicted octanol–water partition coefficient (Wildman–Crippen LogP) is 7.85. The van der Waals surface area contributed by atoms with Gasteiger partial charge in [-0.1, -0.05) is 122 Å². The summed E-state index contributed by atoms with van der Waals surface area (Å²) in [4.78, 5) is 0. The summed E-state index contributed by atoms with van der Waals surface area (Å²) in [5, 5.41) is 0. The van der Waals surface area contributed by atoms with Crippen LogP contribution in [0.1, 0.15) is 79.0 Å². The van der Waals surface area contributed by atoms with Crippen LogP contribution in [0.4, 0.5) is 0 Å². The summed E-state index contributed by atoms with van der Waals surface area (Å²) < 4.78 is 6.73. The summed E-state index contributed by atoms with van der Waals surface area (Å²) in [5.41, 5.74) is 13.4. The molecular formula is C36H39BO. The maximum Gasteiger partial charge on any atom is 0.252 e. The molecule has 4 aromatic rings. The van der Waals surface area contributed by atoms with Crippen LogP contribution in [0.25, 0.3) is 22.3 Å². The molecule has 6 rings (SSSR count). The lowest BCUT2D eigenvalue weighted by atomic mass is 9.37. The van der Waals surface area contributed by atoms with Gasteiger partial charge in [0, 0.05) is 0 Å². The third kappa shape index (κ3) is 4.01. The van der Waals surface area contributed by atoms with Crippen molar-refractivity contribution in [1.29, 1.82) is 0 Å². The number of rotatable bonds is 1. The lowest BCUT2D eigenvalue weighted by molar-refractivity contribution is 0.480. The van der Waals surface area contributed by atoms with Crippen LogP contribution in [0, 0.1) is 0 Å². The van der Waals surface area contributed by atoms with Gasteiger partial charge in [-0.2, -0.15) is 0 Å². The minimum Gasteiger partial charge on any atom is -0.458 e. The Morgan fingerprint density at radius 3 is 1.66 bits per heavy atom. The van der Waals surface area contributed by atoms with Gasteiger partial charge in [-0.25, -0.2) is 0 Å². The molecule has 0 aromatic heterocycles. The maximum absolute atomic E-state index is 6.73. The molecule has 0 fully saturated rings. The van der Waals surface area contributed by atoms with Crippen molar-refractivity contribution in [3.05, 3.63) is 89.5 Å². The van der Waals surface area contributed by atoms with Crippen LogP contribution in [0.15, 0.2) is 72.8 Å². The van der Waals surface area contributed by atoms with Crippen molar-refractivity contribution in [2.24, 2.45) is 0 Å². The van der Waals surface area contributed by atoms with Gasteiger partial charge in [-0.05, 0) is 84.3 Å². The highest BCUT2D eigenvalue weighted by atomic mass is 16.5. The molecule has 0 saturated heterocycles. The Bertz CT molecular complexity index is 1570. The minimum absolute atomic E-state index is 0.0288. The first-order chi connectivity index (χ1) is 17.7. The Morgan fingerprint density at radius 1 is 0.474 bits per heavy atom. The summed E-state index contributed by atoms with van der Waals surface area (Å²) in [7, 11) is 0.